The lowest BCUT2D eigenvalue weighted by molar-refractivity contribution is 0.631. The van der Waals surface area contributed by atoms with Crippen molar-refractivity contribution < 1.29 is 4.39 Å². The Morgan fingerprint density at radius 1 is 1.19 bits per heavy atom. The Morgan fingerprint density at radius 2 is 2.00 bits per heavy atom. The Bertz CT molecular complexity index is 793. The zero-order valence-corrected chi connectivity index (χ0v) is 11.9. The molecule has 6 heteroatoms. The molecular formula is C15H12ClFN4. The van der Waals surface area contributed by atoms with Crippen LogP contribution in [-0.2, 0) is 0 Å². The largest absolute Gasteiger partial charge is 0.382 e. The van der Waals surface area contributed by atoms with Crippen molar-refractivity contribution in [2.45, 2.75) is 6.92 Å². The van der Waals surface area contributed by atoms with Gasteiger partial charge in [0.15, 0.2) is 5.82 Å². The molecule has 0 aliphatic rings. The minimum atomic E-state index is -0.446. The number of nitrogens with one attached hydrogen (secondary N) is 1. The summed E-state index contributed by atoms with van der Waals surface area (Å²) in [5.74, 6) is -0.251. The smallest absolute Gasteiger partial charge is 0.153 e. The SMILES string of the molecule is Cc1ncccc1-c1[nH]nc(N)c1-c1c(F)cccc1Cl. The van der Waals surface area contributed by atoms with Crippen molar-refractivity contribution in [3.63, 3.8) is 0 Å². The summed E-state index contributed by atoms with van der Waals surface area (Å²) in [5, 5.41) is 7.12. The van der Waals surface area contributed by atoms with Gasteiger partial charge >= 0.3 is 0 Å². The minimum Gasteiger partial charge on any atom is -0.382 e. The number of nitrogen functional groups attached to an aromatic ring is 1. The average Bonchev–Trinajstić information content (AvgIpc) is 2.81. The number of aromatic nitrogens is 3. The Labute approximate surface area is 125 Å². The van der Waals surface area contributed by atoms with E-state index in [4.69, 9.17) is 17.3 Å². The highest BCUT2D eigenvalue weighted by Crippen LogP contribution is 2.40. The van der Waals surface area contributed by atoms with E-state index in [1.165, 1.54) is 6.07 Å². The van der Waals surface area contributed by atoms with Crippen LogP contribution in [0, 0.1) is 12.7 Å². The van der Waals surface area contributed by atoms with Crippen LogP contribution in [0.1, 0.15) is 5.69 Å². The topological polar surface area (TPSA) is 67.6 Å². The Hall–Kier alpha value is -2.40. The molecule has 0 fully saturated rings. The summed E-state index contributed by atoms with van der Waals surface area (Å²) >= 11 is 6.14. The molecule has 0 unspecified atom stereocenters. The second-order valence-electron chi connectivity index (χ2n) is 4.59. The van der Waals surface area contributed by atoms with Crippen molar-refractivity contribution in [3.05, 3.63) is 53.1 Å². The predicted molar refractivity (Wildman–Crippen MR) is 81.4 cm³/mol. The first-order chi connectivity index (χ1) is 10.1. The fraction of sp³-hybridized carbons (Fsp3) is 0.0667. The zero-order valence-electron chi connectivity index (χ0n) is 11.2. The lowest BCUT2D eigenvalue weighted by Gasteiger charge is -2.09. The molecule has 2 aromatic heterocycles. The van der Waals surface area contributed by atoms with Crippen molar-refractivity contribution in [1.29, 1.82) is 0 Å². The fourth-order valence-electron chi connectivity index (χ4n) is 2.29. The summed E-state index contributed by atoms with van der Waals surface area (Å²) in [6.07, 6.45) is 1.69. The van der Waals surface area contributed by atoms with Gasteiger partial charge in [-0.3, -0.25) is 10.1 Å². The predicted octanol–water partition coefficient (Wildman–Crippen LogP) is 3.82. The molecule has 0 radical (unpaired) electrons. The molecular weight excluding hydrogens is 291 g/mol. The number of hydrogen-bond donors (Lipinski definition) is 2. The highest BCUT2D eigenvalue weighted by Gasteiger charge is 2.21. The van der Waals surface area contributed by atoms with Gasteiger partial charge in [0.2, 0.25) is 0 Å². The van der Waals surface area contributed by atoms with Crippen LogP contribution < -0.4 is 5.73 Å². The van der Waals surface area contributed by atoms with Crippen molar-refractivity contribution in [2.24, 2.45) is 0 Å². The minimum absolute atomic E-state index is 0.195. The van der Waals surface area contributed by atoms with Gasteiger partial charge in [0.05, 0.1) is 16.3 Å². The van der Waals surface area contributed by atoms with Crippen LogP contribution in [-0.4, -0.2) is 15.2 Å². The maximum atomic E-state index is 14.2. The van der Waals surface area contributed by atoms with Crippen LogP contribution in [0.2, 0.25) is 5.02 Å². The van der Waals surface area contributed by atoms with E-state index in [0.29, 0.717) is 11.3 Å². The van der Waals surface area contributed by atoms with Crippen molar-refractivity contribution in [2.75, 3.05) is 5.73 Å². The van der Waals surface area contributed by atoms with Gasteiger partial charge < -0.3 is 5.73 Å². The number of benzene rings is 1. The fourth-order valence-corrected chi connectivity index (χ4v) is 2.55. The first-order valence-corrected chi connectivity index (χ1v) is 6.67. The van der Waals surface area contributed by atoms with E-state index in [1.54, 1.807) is 24.4 Å². The molecule has 0 aliphatic carbocycles. The van der Waals surface area contributed by atoms with Gasteiger partial charge in [-0.15, -0.1) is 0 Å². The van der Waals surface area contributed by atoms with E-state index in [9.17, 15) is 4.39 Å². The lowest BCUT2D eigenvalue weighted by Crippen LogP contribution is -1.94. The Kier molecular flexibility index (Phi) is 3.35. The standard InChI is InChI=1S/C15H12ClFN4/c1-8-9(4-3-7-19-8)14-13(15(18)21-20-14)12-10(16)5-2-6-11(12)17/h2-7H,1H3,(H3,18,20,21). The summed E-state index contributed by atoms with van der Waals surface area (Å²) in [5.41, 5.74) is 8.79. The van der Waals surface area contributed by atoms with Gasteiger partial charge in [0.25, 0.3) is 0 Å². The molecule has 3 aromatic rings. The van der Waals surface area contributed by atoms with Crippen LogP contribution in [0.3, 0.4) is 0 Å². The molecule has 21 heavy (non-hydrogen) atoms. The number of aromatic amines is 1. The van der Waals surface area contributed by atoms with Gasteiger partial charge in [-0.2, -0.15) is 5.10 Å². The molecule has 3 N–H and O–H groups in total. The number of nitrogens with two attached hydrogens (primary N) is 1. The molecule has 0 saturated heterocycles. The molecule has 0 atom stereocenters. The van der Waals surface area contributed by atoms with Gasteiger partial charge in [-0.1, -0.05) is 17.7 Å². The molecule has 4 nitrogen and oxygen atoms in total. The number of aryl methyl sites for hydroxylation is 1. The van der Waals surface area contributed by atoms with E-state index < -0.39 is 5.82 Å². The molecule has 0 saturated carbocycles. The molecule has 0 aliphatic heterocycles. The molecule has 0 bridgehead atoms. The van der Waals surface area contributed by atoms with Crippen molar-refractivity contribution in [3.8, 4) is 22.4 Å². The third-order valence-corrected chi connectivity index (χ3v) is 3.60. The first-order valence-electron chi connectivity index (χ1n) is 6.30. The molecule has 3 rings (SSSR count). The summed E-state index contributed by atoms with van der Waals surface area (Å²) in [7, 11) is 0. The van der Waals surface area contributed by atoms with Gasteiger partial charge in [-0.25, -0.2) is 4.39 Å². The number of hydrogen-bond acceptors (Lipinski definition) is 3. The van der Waals surface area contributed by atoms with E-state index in [1.807, 2.05) is 13.0 Å². The maximum absolute atomic E-state index is 14.2. The van der Waals surface area contributed by atoms with E-state index in [2.05, 4.69) is 15.2 Å². The van der Waals surface area contributed by atoms with E-state index in [-0.39, 0.29) is 16.4 Å². The number of H-pyrrole nitrogens is 1. The quantitative estimate of drug-likeness (QED) is 0.756. The monoisotopic (exact) mass is 302 g/mol. The summed E-state index contributed by atoms with van der Waals surface area (Å²) < 4.78 is 14.2. The van der Waals surface area contributed by atoms with Crippen molar-refractivity contribution in [1.82, 2.24) is 15.2 Å². The zero-order chi connectivity index (χ0) is 15.0. The normalized spacial score (nSPS) is 10.8. The maximum Gasteiger partial charge on any atom is 0.153 e. The third-order valence-electron chi connectivity index (χ3n) is 3.28. The van der Waals surface area contributed by atoms with E-state index in [0.717, 1.165) is 11.3 Å². The van der Waals surface area contributed by atoms with Crippen LogP contribution in [0.25, 0.3) is 22.4 Å². The number of anilines is 1. The second-order valence-corrected chi connectivity index (χ2v) is 5.00. The van der Waals surface area contributed by atoms with Gasteiger partial charge in [0.1, 0.15) is 5.82 Å². The van der Waals surface area contributed by atoms with E-state index >= 15 is 0 Å². The Morgan fingerprint density at radius 3 is 2.71 bits per heavy atom. The molecule has 0 spiro atoms. The molecule has 1 aromatic carbocycles. The number of halogens is 2. The average molecular weight is 303 g/mol. The third kappa shape index (κ3) is 2.25. The molecule has 2 heterocycles. The summed E-state index contributed by atoms with van der Waals surface area (Å²) in [6.45, 7) is 1.86. The first kappa shape index (κ1) is 13.6. The van der Waals surface area contributed by atoms with Crippen molar-refractivity contribution >= 4 is 17.4 Å². The lowest BCUT2D eigenvalue weighted by atomic mass is 9.99. The number of pyridine rings is 1. The van der Waals surface area contributed by atoms with Crippen LogP contribution in [0.4, 0.5) is 10.2 Å². The number of rotatable bonds is 2. The van der Waals surface area contributed by atoms with Gasteiger partial charge in [0, 0.05) is 23.0 Å². The summed E-state index contributed by atoms with van der Waals surface area (Å²) in [6, 6.07) is 8.17. The van der Waals surface area contributed by atoms with Crippen LogP contribution in [0.15, 0.2) is 36.5 Å². The highest BCUT2D eigenvalue weighted by molar-refractivity contribution is 6.33. The molecule has 106 valence electrons. The second kappa shape index (κ2) is 5.18. The Balaban J connectivity index is 2.31. The van der Waals surface area contributed by atoms with Crippen LogP contribution >= 0.6 is 11.6 Å². The summed E-state index contributed by atoms with van der Waals surface area (Å²) in [4.78, 5) is 4.23. The van der Waals surface area contributed by atoms with Crippen LogP contribution in [0.5, 0.6) is 0 Å². The highest BCUT2D eigenvalue weighted by atomic mass is 35.5. The molecule has 0 amide bonds. The van der Waals surface area contributed by atoms with Gasteiger partial charge in [-0.05, 0) is 31.2 Å². The number of nitrogens with zero attached hydrogens (tertiary/aromatic N) is 2.